The maximum absolute atomic E-state index is 11.5. The Balaban J connectivity index is 3.07. The zero-order valence-electron chi connectivity index (χ0n) is 12.3. The van der Waals surface area contributed by atoms with Gasteiger partial charge in [-0.3, -0.25) is 4.79 Å². The molecule has 0 spiro atoms. The van der Waals surface area contributed by atoms with Crippen molar-refractivity contribution in [2.75, 3.05) is 0 Å². The number of nitrogens with one attached hydrogen (secondary N) is 1. The first kappa shape index (κ1) is 17.4. The molecule has 1 rings (SSSR count). The summed E-state index contributed by atoms with van der Waals surface area (Å²) in [5, 5.41) is 12.1. The first-order chi connectivity index (χ1) is 9.93. The van der Waals surface area contributed by atoms with Crippen LogP contribution in [0.1, 0.15) is 38.7 Å². The molecule has 0 aliphatic rings. The Morgan fingerprint density at radius 1 is 1.24 bits per heavy atom. The highest BCUT2D eigenvalue weighted by Crippen LogP contribution is 2.18. The fourth-order valence-corrected chi connectivity index (χ4v) is 2.24. The van der Waals surface area contributed by atoms with E-state index in [2.05, 4.69) is 21.2 Å². The van der Waals surface area contributed by atoms with E-state index in [1.807, 2.05) is 31.2 Å². The van der Waals surface area contributed by atoms with E-state index in [1.54, 1.807) is 0 Å². The van der Waals surface area contributed by atoms with Crippen LogP contribution in [0.2, 0.25) is 0 Å². The number of amides is 1. The molecule has 21 heavy (non-hydrogen) atoms. The maximum atomic E-state index is 11.5. The van der Waals surface area contributed by atoms with Crippen LogP contribution in [0.25, 0.3) is 0 Å². The van der Waals surface area contributed by atoms with E-state index in [9.17, 15) is 14.7 Å². The van der Waals surface area contributed by atoms with Crippen molar-refractivity contribution >= 4 is 27.8 Å². The highest BCUT2D eigenvalue weighted by atomic mass is 79.9. The highest BCUT2D eigenvalue weighted by Gasteiger charge is 2.16. The largest absolute Gasteiger partial charge is 0.478 e. The van der Waals surface area contributed by atoms with Crippen molar-refractivity contribution in [3.8, 4) is 0 Å². The maximum Gasteiger partial charge on any atom is 0.333 e. The number of carbonyl (C=O) groups excluding carboxylic acids is 1. The standard InChI is InChI=1S/C16H20BrNO3/c1-3-4-5-15(18-11(2)19)14(16(20)21)10-12-6-8-13(17)9-7-12/h6-9H,3-5,10H2,1-2H3,(H,18,19)(H,20,21). The molecule has 0 unspecified atom stereocenters. The predicted molar refractivity (Wildman–Crippen MR) is 85.8 cm³/mol. The van der Waals surface area contributed by atoms with Crippen molar-refractivity contribution in [2.45, 2.75) is 39.5 Å². The second-order valence-electron chi connectivity index (χ2n) is 4.85. The molecule has 0 aliphatic carbocycles. The molecule has 114 valence electrons. The number of rotatable bonds is 7. The average molecular weight is 354 g/mol. The third kappa shape index (κ3) is 6.12. The van der Waals surface area contributed by atoms with Gasteiger partial charge in [-0.1, -0.05) is 41.4 Å². The van der Waals surface area contributed by atoms with Gasteiger partial charge in [0.15, 0.2) is 0 Å². The van der Waals surface area contributed by atoms with Crippen LogP contribution in [0, 0.1) is 0 Å². The van der Waals surface area contributed by atoms with Crippen molar-refractivity contribution in [1.29, 1.82) is 0 Å². The number of benzene rings is 1. The van der Waals surface area contributed by atoms with E-state index in [1.165, 1.54) is 6.92 Å². The van der Waals surface area contributed by atoms with E-state index in [-0.39, 0.29) is 11.5 Å². The minimum atomic E-state index is -0.988. The fraction of sp³-hybridized carbons (Fsp3) is 0.375. The molecule has 1 aromatic rings. The average Bonchev–Trinajstić information content (AvgIpc) is 2.42. The molecule has 5 heteroatoms. The third-order valence-electron chi connectivity index (χ3n) is 3.02. The minimum Gasteiger partial charge on any atom is -0.478 e. The highest BCUT2D eigenvalue weighted by molar-refractivity contribution is 9.10. The van der Waals surface area contributed by atoms with Crippen LogP contribution in [0.3, 0.4) is 0 Å². The van der Waals surface area contributed by atoms with Crippen LogP contribution in [-0.2, 0) is 16.0 Å². The Labute approximate surface area is 133 Å². The van der Waals surface area contributed by atoms with Crippen LogP contribution >= 0.6 is 15.9 Å². The molecule has 1 amide bonds. The smallest absolute Gasteiger partial charge is 0.333 e. The molecule has 0 atom stereocenters. The van der Waals surface area contributed by atoms with Gasteiger partial charge in [-0.2, -0.15) is 0 Å². The lowest BCUT2D eigenvalue weighted by Gasteiger charge is -2.13. The molecular formula is C16H20BrNO3. The number of carboxylic acid groups (broad SMARTS) is 1. The molecule has 0 radical (unpaired) electrons. The monoisotopic (exact) mass is 353 g/mol. The van der Waals surface area contributed by atoms with Gasteiger partial charge in [0.05, 0.1) is 5.57 Å². The van der Waals surface area contributed by atoms with Gasteiger partial charge in [0.2, 0.25) is 5.91 Å². The summed E-state index contributed by atoms with van der Waals surface area (Å²) in [7, 11) is 0. The van der Waals surface area contributed by atoms with Crippen LogP contribution in [0.5, 0.6) is 0 Å². The lowest BCUT2D eigenvalue weighted by atomic mass is 10.0. The molecule has 0 fully saturated rings. The van der Waals surface area contributed by atoms with Crippen molar-refractivity contribution < 1.29 is 14.7 Å². The van der Waals surface area contributed by atoms with Crippen molar-refractivity contribution in [1.82, 2.24) is 5.32 Å². The summed E-state index contributed by atoms with van der Waals surface area (Å²) >= 11 is 3.35. The molecule has 0 heterocycles. The Morgan fingerprint density at radius 2 is 1.86 bits per heavy atom. The second kappa shape index (κ2) is 8.62. The number of aliphatic carboxylic acids is 1. The molecule has 1 aromatic carbocycles. The van der Waals surface area contributed by atoms with Gasteiger partial charge in [0.1, 0.15) is 0 Å². The number of carbonyl (C=O) groups is 2. The normalized spacial score (nSPS) is 11.8. The molecule has 2 N–H and O–H groups in total. The zero-order valence-corrected chi connectivity index (χ0v) is 13.9. The number of hydrogen-bond acceptors (Lipinski definition) is 2. The summed E-state index contributed by atoms with van der Waals surface area (Å²) in [6.45, 7) is 3.42. The molecule has 4 nitrogen and oxygen atoms in total. The Hall–Kier alpha value is -1.62. The van der Waals surface area contributed by atoms with Crippen LogP contribution in [0.15, 0.2) is 40.0 Å². The molecule has 0 aliphatic heterocycles. The summed E-state index contributed by atoms with van der Waals surface area (Å²) < 4.78 is 0.945. The van der Waals surface area contributed by atoms with Crippen molar-refractivity contribution in [2.24, 2.45) is 0 Å². The van der Waals surface area contributed by atoms with Gasteiger partial charge in [0.25, 0.3) is 0 Å². The Kier molecular flexibility index (Phi) is 7.15. The quantitative estimate of drug-likeness (QED) is 0.735. The van der Waals surface area contributed by atoms with E-state index >= 15 is 0 Å². The number of halogens is 1. The first-order valence-corrected chi connectivity index (χ1v) is 7.70. The van der Waals surface area contributed by atoms with Gasteiger partial charge >= 0.3 is 5.97 Å². The van der Waals surface area contributed by atoms with E-state index in [0.29, 0.717) is 18.5 Å². The van der Waals surface area contributed by atoms with Gasteiger partial charge in [-0.25, -0.2) is 4.79 Å². The van der Waals surface area contributed by atoms with Crippen LogP contribution in [-0.4, -0.2) is 17.0 Å². The summed E-state index contributed by atoms with van der Waals surface area (Å²) in [5.41, 5.74) is 1.66. The van der Waals surface area contributed by atoms with Gasteiger partial charge in [0, 0.05) is 23.5 Å². The first-order valence-electron chi connectivity index (χ1n) is 6.91. The number of carboxylic acids is 1. The van der Waals surface area contributed by atoms with Crippen LogP contribution < -0.4 is 5.32 Å². The number of allylic oxidation sites excluding steroid dienone is 1. The predicted octanol–water partition coefficient (Wildman–Crippen LogP) is 3.66. The third-order valence-corrected chi connectivity index (χ3v) is 3.55. The molecule has 0 aromatic heterocycles. The van der Waals surface area contributed by atoms with Gasteiger partial charge in [-0.05, 0) is 30.5 Å². The Morgan fingerprint density at radius 3 is 2.33 bits per heavy atom. The summed E-state index contributed by atoms with van der Waals surface area (Å²) in [5.74, 6) is -1.23. The molecule has 0 saturated heterocycles. The lowest BCUT2D eigenvalue weighted by Crippen LogP contribution is -2.24. The second-order valence-corrected chi connectivity index (χ2v) is 5.77. The minimum absolute atomic E-state index is 0.240. The molecule has 0 saturated carbocycles. The van der Waals surface area contributed by atoms with E-state index in [4.69, 9.17) is 0 Å². The topological polar surface area (TPSA) is 66.4 Å². The fourth-order valence-electron chi connectivity index (χ4n) is 1.97. The zero-order chi connectivity index (χ0) is 15.8. The van der Waals surface area contributed by atoms with E-state index < -0.39 is 5.97 Å². The summed E-state index contributed by atoms with van der Waals surface area (Å²) in [4.78, 5) is 22.8. The van der Waals surface area contributed by atoms with Crippen molar-refractivity contribution in [3.05, 3.63) is 45.6 Å². The van der Waals surface area contributed by atoms with Gasteiger partial charge in [-0.15, -0.1) is 0 Å². The van der Waals surface area contributed by atoms with E-state index in [0.717, 1.165) is 22.9 Å². The SMILES string of the molecule is CCCCC(NC(C)=O)=C(Cc1ccc(Br)cc1)C(=O)O. The summed E-state index contributed by atoms with van der Waals surface area (Å²) in [6, 6.07) is 7.49. The molecular weight excluding hydrogens is 334 g/mol. The number of hydrogen-bond donors (Lipinski definition) is 2. The number of unbranched alkanes of at least 4 members (excludes halogenated alkanes) is 1. The van der Waals surface area contributed by atoms with Gasteiger partial charge < -0.3 is 10.4 Å². The van der Waals surface area contributed by atoms with Crippen molar-refractivity contribution in [3.63, 3.8) is 0 Å². The lowest BCUT2D eigenvalue weighted by molar-refractivity contribution is -0.132. The van der Waals surface area contributed by atoms with Crippen LogP contribution in [0.4, 0.5) is 0 Å². The summed E-state index contributed by atoms with van der Waals surface area (Å²) in [6.07, 6.45) is 2.64. The molecule has 0 bridgehead atoms. The Bertz CT molecular complexity index is 535.